The molecule has 0 aliphatic heterocycles. The normalized spacial score (nSPS) is 13.8. The minimum absolute atomic E-state index is 0.313. The Bertz CT molecular complexity index is 637. The van der Waals surface area contributed by atoms with E-state index in [-0.39, 0.29) is 4.90 Å². The van der Waals surface area contributed by atoms with Gasteiger partial charge in [-0.25, -0.2) is 13.2 Å². The zero-order chi connectivity index (χ0) is 16.4. The minimum Gasteiger partial charge on any atom is -0.480 e. The molecule has 5 nitrogen and oxygen atoms in total. The summed E-state index contributed by atoms with van der Waals surface area (Å²) in [6.07, 6.45) is -6.37. The second-order valence-electron chi connectivity index (χ2n) is 4.29. The van der Waals surface area contributed by atoms with Crippen LogP contribution in [-0.2, 0) is 9.84 Å². The summed E-state index contributed by atoms with van der Waals surface area (Å²) in [5, 5.41) is 8.99. The Kier molecular flexibility index (Phi) is 4.87. The predicted octanol–water partition coefficient (Wildman–Crippen LogP) is 2.51. The summed E-state index contributed by atoms with van der Waals surface area (Å²) >= 11 is 0. The largest absolute Gasteiger partial charge is 0.480 e. The summed E-state index contributed by atoms with van der Waals surface area (Å²) in [7, 11) is -3.68. The van der Waals surface area contributed by atoms with Gasteiger partial charge in [-0.2, -0.15) is 13.2 Å². The van der Waals surface area contributed by atoms with E-state index in [0.29, 0.717) is 0 Å². The molecule has 0 aromatic heterocycles. The number of carboxylic acid groups (broad SMARTS) is 1. The standard InChI is InChI=1S/C12H13F3O5S/c1-3-10(12(13,14)15)20-9-5-4-7(21(2,18)19)6-8(9)11(16)17/h4-6,10H,3H2,1-2H3,(H,16,17)/t10-/m1/s1. The van der Waals surface area contributed by atoms with Crippen LogP contribution in [0, 0.1) is 0 Å². The average Bonchev–Trinajstić information content (AvgIpc) is 2.32. The Morgan fingerprint density at radius 3 is 2.33 bits per heavy atom. The van der Waals surface area contributed by atoms with Crippen LogP contribution in [-0.4, -0.2) is 38.0 Å². The van der Waals surface area contributed by atoms with Crippen LogP contribution < -0.4 is 4.74 Å². The molecule has 1 N–H and O–H groups in total. The highest BCUT2D eigenvalue weighted by atomic mass is 32.2. The molecule has 0 saturated carbocycles. The van der Waals surface area contributed by atoms with Gasteiger partial charge in [-0.1, -0.05) is 6.92 Å². The first-order valence-electron chi connectivity index (χ1n) is 5.77. The molecular formula is C12H13F3O5S. The van der Waals surface area contributed by atoms with E-state index in [1.807, 2.05) is 0 Å². The molecule has 0 radical (unpaired) electrons. The van der Waals surface area contributed by atoms with Gasteiger partial charge in [0.1, 0.15) is 11.3 Å². The molecule has 1 aromatic carbocycles. The van der Waals surface area contributed by atoms with Crippen LogP contribution in [0.1, 0.15) is 23.7 Å². The Morgan fingerprint density at radius 1 is 1.38 bits per heavy atom. The number of carbonyl (C=O) groups is 1. The molecule has 1 aromatic rings. The Labute approximate surface area is 119 Å². The molecule has 1 rings (SSSR count). The van der Waals surface area contributed by atoms with Crippen molar-refractivity contribution in [3.8, 4) is 5.75 Å². The van der Waals surface area contributed by atoms with E-state index >= 15 is 0 Å². The molecule has 0 saturated heterocycles. The van der Waals surface area contributed by atoms with Gasteiger partial charge in [0.15, 0.2) is 15.9 Å². The maximum absolute atomic E-state index is 12.6. The third-order valence-electron chi connectivity index (χ3n) is 2.61. The molecule has 0 amide bonds. The van der Waals surface area contributed by atoms with Gasteiger partial charge in [-0.05, 0) is 24.6 Å². The third kappa shape index (κ3) is 4.35. The van der Waals surface area contributed by atoms with Crippen molar-refractivity contribution in [1.29, 1.82) is 0 Å². The molecule has 0 unspecified atom stereocenters. The molecule has 0 spiro atoms. The smallest absolute Gasteiger partial charge is 0.425 e. The monoisotopic (exact) mass is 326 g/mol. The number of halogens is 3. The zero-order valence-corrected chi connectivity index (χ0v) is 12.0. The first-order chi connectivity index (χ1) is 9.46. The first-order valence-corrected chi connectivity index (χ1v) is 7.66. The van der Waals surface area contributed by atoms with E-state index in [0.717, 1.165) is 24.5 Å². The highest BCUT2D eigenvalue weighted by Crippen LogP contribution is 2.30. The van der Waals surface area contributed by atoms with Gasteiger partial charge in [0.2, 0.25) is 0 Å². The second kappa shape index (κ2) is 5.92. The lowest BCUT2D eigenvalue weighted by Gasteiger charge is -2.21. The van der Waals surface area contributed by atoms with Crippen LogP contribution in [0.25, 0.3) is 0 Å². The Hall–Kier alpha value is -1.77. The lowest BCUT2D eigenvalue weighted by atomic mass is 10.2. The molecule has 0 fully saturated rings. The van der Waals surface area contributed by atoms with E-state index in [4.69, 9.17) is 5.11 Å². The fourth-order valence-electron chi connectivity index (χ4n) is 1.54. The van der Waals surface area contributed by atoms with Crippen molar-refractivity contribution < 1.29 is 36.2 Å². The summed E-state index contributed by atoms with van der Waals surface area (Å²) in [4.78, 5) is 10.8. The van der Waals surface area contributed by atoms with Gasteiger partial charge < -0.3 is 9.84 Å². The SMILES string of the molecule is CC[C@@H](Oc1ccc(S(C)(=O)=O)cc1C(=O)O)C(F)(F)F. The lowest BCUT2D eigenvalue weighted by Crippen LogP contribution is -2.34. The average molecular weight is 326 g/mol. The van der Waals surface area contributed by atoms with Crippen LogP contribution in [0.4, 0.5) is 13.2 Å². The third-order valence-corrected chi connectivity index (χ3v) is 3.72. The fourth-order valence-corrected chi connectivity index (χ4v) is 2.19. The van der Waals surface area contributed by atoms with Crippen molar-refractivity contribution in [1.82, 2.24) is 0 Å². The number of hydrogen-bond donors (Lipinski definition) is 1. The quantitative estimate of drug-likeness (QED) is 0.899. The molecule has 0 aliphatic carbocycles. The molecule has 0 bridgehead atoms. The van der Waals surface area contributed by atoms with Gasteiger partial charge in [0.05, 0.1) is 4.90 Å². The van der Waals surface area contributed by atoms with E-state index < -0.39 is 45.8 Å². The van der Waals surface area contributed by atoms with Crippen LogP contribution in [0.15, 0.2) is 23.1 Å². The van der Waals surface area contributed by atoms with Crippen molar-refractivity contribution in [3.05, 3.63) is 23.8 Å². The van der Waals surface area contributed by atoms with E-state index in [1.165, 1.54) is 6.92 Å². The summed E-state index contributed by atoms with van der Waals surface area (Å²) in [5.74, 6) is -2.10. The van der Waals surface area contributed by atoms with Gasteiger partial charge >= 0.3 is 12.1 Å². The van der Waals surface area contributed by atoms with Crippen LogP contribution >= 0.6 is 0 Å². The number of hydrogen-bond acceptors (Lipinski definition) is 4. The number of alkyl halides is 3. The predicted molar refractivity (Wildman–Crippen MR) is 67.3 cm³/mol. The summed E-state index contributed by atoms with van der Waals surface area (Å²) < 4.78 is 65.3. The van der Waals surface area contributed by atoms with Crippen molar-refractivity contribution >= 4 is 15.8 Å². The highest BCUT2D eigenvalue weighted by molar-refractivity contribution is 7.90. The van der Waals surface area contributed by atoms with Gasteiger partial charge in [0, 0.05) is 6.26 Å². The van der Waals surface area contributed by atoms with Crippen molar-refractivity contribution in [2.24, 2.45) is 0 Å². The van der Waals surface area contributed by atoms with E-state index in [1.54, 1.807) is 0 Å². The lowest BCUT2D eigenvalue weighted by molar-refractivity contribution is -0.195. The summed E-state index contributed by atoms with van der Waals surface area (Å²) in [5.41, 5.74) is -0.638. The van der Waals surface area contributed by atoms with E-state index in [2.05, 4.69) is 4.74 Å². The van der Waals surface area contributed by atoms with Crippen LogP contribution in [0.3, 0.4) is 0 Å². The fraction of sp³-hybridized carbons (Fsp3) is 0.417. The highest BCUT2D eigenvalue weighted by Gasteiger charge is 2.41. The Balaban J connectivity index is 3.28. The maximum Gasteiger partial charge on any atom is 0.425 e. The number of aromatic carboxylic acids is 1. The van der Waals surface area contributed by atoms with Crippen molar-refractivity contribution in [2.75, 3.05) is 6.26 Å². The molecular weight excluding hydrogens is 313 g/mol. The Morgan fingerprint density at radius 2 is 1.95 bits per heavy atom. The zero-order valence-electron chi connectivity index (χ0n) is 11.1. The molecule has 9 heteroatoms. The number of carboxylic acids is 1. The molecule has 21 heavy (non-hydrogen) atoms. The van der Waals surface area contributed by atoms with Crippen LogP contribution in [0.5, 0.6) is 5.75 Å². The van der Waals surface area contributed by atoms with Gasteiger partial charge in [-0.3, -0.25) is 0 Å². The number of ether oxygens (including phenoxy) is 1. The van der Waals surface area contributed by atoms with Crippen molar-refractivity contribution in [3.63, 3.8) is 0 Å². The maximum atomic E-state index is 12.6. The second-order valence-corrected chi connectivity index (χ2v) is 6.31. The molecule has 1 atom stereocenters. The molecule has 0 aliphatic rings. The van der Waals surface area contributed by atoms with Crippen molar-refractivity contribution in [2.45, 2.75) is 30.5 Å². The summed E-state index contributed by atoms with van der Waals surface area (Å²) in [6.45, 7) is 1.24. The van der Waals surface area contributed by atoms with Crippen LogP contribution in [0.2, 0.25) is 0 Å². The topological polar surface area (TPSA) is 80.7 Å². The van der Waals surface area contributed by atoms with Gasteiger partial charge in [-0.15, -0.1) is 0 Å². The van der Waals surface area contributed by atoms with E-state index in [9.17, 15) is 26.4 Å². The molecule has 118 valence electrons. The van der Waals surface area contributed by atoms with Gasteiger partial charge in [0.25, 0.3) is 0 Å². The molecule has 0 heterocycles. The number of rotatable bonds is 5. The summed E-state index contributed by atoms with van der Waals surface area (Å²) in [6, 6.07) is 2.69. The first kappa shape index (κ1) is 17.3. The number of benzene rings is 1. The minimum atomic E-state index is -4.65. The number of sulfone groups is 1.